The number of nitrogens with zero attached hydrogens (tertiary/aromatic N) is 1. The van der Waals surface area contributed by atoms with E-state index in [-0.39, 0.29) is 12.5 Å². The van der Waals surface area contributed by atoms with Crippen LogP contribution in [0.1, 0.15) is 30.1 Å². The lowest BCUT2D eigenvalue weighted by Crippen LogP contribution is -2.13. The molecule has 124 valence electrons. The molecule has 0 radical (unpaired) electrons. The van der Waals surface area contributed by atoms with E-state index in [1.807, 2.05) is 6.92 Å². The van der Waals surface area contributed by atoms with Crippen LogP contribution in [0.5, 0.6) is 11.5 Å². The topological polar surface area (TPSA) is 66.8 Å². The van der Waals surface area contributed by atoms with Crippen molar-refractivity contribution in [1.82, 2.24) is 4.57 Å². The Bertz CT molecular complexity index is 705. The predicted octanol–water partition coefficient (Wildman–Crippen LogP) is 2.81. The lowest BCUT2D eigenvalue weighted by Gasteiger charge is -2.09. The molecule has 2 rings (SSSR count). The SMILES string of the molecule is CCCCOC(=O)Cn1cc(C=O)c2c(OC)cc(OC)cc21. The van der Waals surface area contributed by atoms with Crippen LogP contribution in [0.2, 0.25) is 0 Å². The number of aldehydes is 1. The molecule has 0 amide bonds. The Hall–Kier alpha value is -2.50. The van der Waals surface area contributed by atoms with E-state index in [0.717, 1.165) is 19.1 Å². The second-order valence-corrected chi connectivity index (χ2v) is 5.13. The average molecular weight is 319 g/mol. The van der Waals surface area contributed by atoms with Crippen molar-refractivity contribution in [3.63, 3.8) is 0 Å². The molecule has 1 aromatic heterocycles. The van der Waals surface area contributed by atoms with Crippen molar-refractivity contribution in [3.05, 3.63) is 23.9 Å². The highest BCUT2D eigenvalue weighted by atomic mass is 16.5. The third kappa shape index (κ3) is 3.64. The molecule has 6 heteroatoms. The van der Waals surface area contributed by atoms with E-state index in [2.05, 4.69) is 0 Å². The van der Waals surface area contributed by atoms with Gasteiger partial charge in [-0.25, -0.2) is 0 Å². The number of carbonyl (C=O) groups is 2. The van der Waals surface area contributed by atoms with Crippen LogP contribution in [0.15, 0.2) is 18.3 Å². The molecular weight excluding hydrogens is 298 g/mol. The number of ether oxygens (including phenoxy) is 3. The summed E-state index contributed by atoms with van der Waals surface area (Å²) in [5.74, 6) is 0.777. The molecule has 0 aliphatic heterocycles. The second kappa shape index (κ2) is 7.67. The molecule has 0 bridgehead atoms. The Kier molecular flexibility index (Phi) is 5.62. The van der Waals surface area contributed by atoms with E-state index in [4.69, 9.17) is 14.2 Å². The van der Waals surface area contributed by atoms with Gasteiger partial charge in [0.15, 0.2) is 6.29 Å². The van der Waals surface area contributed by atoms with E-state index in [1.165, 1.54) is 7.11 Å². The quantitative estimate of drug-likeness (QED) is 0.425. The molecule has 0 N–H and O–H groups in total. The molecule has 6 nitrogen and oxygen atoms in total. The second-order valence-electron chi connectivity index (χ2n) is 5.13. The van der Waals surface area contributed by atoms with Gasteiger partial charge in [0, 0.05) is 23.9 Å². The van der Waals surface area contributed by atoms with Gasteiger partial charge in [-0.15, -0.1) is 0 Å². The maximum Gasteiger partial charge on any atom is 0.325 e. The number of carbonyl (C=O) groups excluding carboxylic acids is 2. The van der Waals surface area contributed by atoms with Gasteiger partial charge in [0.05, 0.1) is 31.7 Å². The normalized spacial score (nSPS) is 10.6. The zero-order chi connectivity index (χ0) is 16.8. The van der Waals surface area contributed by atoms with E-state index in [1.54, 1.807) is 30.0 Å². The summed E-state index contributed by atoms with van der Waals surface area (Å²) in [6.45, 7) is 2.47. The first-order chi connectivity index (χ1) is 11.1. The third-order valence-corrected chi connectivity index (χ3v) is 3.59. The zero-order valence-electron chi connectivity index (χ0n) is 13.6. The van der Waals surface area contributed by atoms with E-state index in [9.17, 15) is 9.59 Å². The molecule has 0 aliphatic rings. The van der Waals surface area contributed by atoms with Crippen LogP contribution in [-0.2, 0) is 16.1 Å². The number of unbranched alkanes of at least 4 members (excludes halogenated alkanes) is 1. The Morgan fingerprint density at radius 2 is 2.04 bits per heavy atom. The first kappa shape index (κ1) is 16.9. The number of aromatic nitrogens is 1. The van der Waals surface area contributed by atoms with E-state index in [0.29, 0.717) is 34.6 Å². The molecule has 0 atom stereocenters. The van der Waals surface area contributed by atoms with Crippen molar-refractivity contribution in [2.24, 2.45) is 0 Å². The fourth-order valence-electron chi connectivity index (χ4n) is 2.41. The Morgan fingerprint density at radius 1 is 1.26 bits per heavy atom. The number of hydrogen-bond donors (Lipinski definition) is 0. The highest BCUT2D eigenvalue weighted by Gasteiger charge is 2.17. The average Bonchev–Trinajstić information content (AvgIpc) is 2.92. The molecule has 1 heterocycles. The van der Waals surface area contributed by atoms with Crippen molar-refractivity contribution in [2.45, 2.75) is 26.3 Å². The summed E-state index contributed by atoms with van der Waals surface area (Å²) in [6, 6.07) is 3.48. The minimum absolute atomic E-state index is 0.0321. The fourth-order valence-corrected chi connectivity index (χ4v) is 2.41. The van der Waals surface area contributed by atoms with Gasteiger partial charge in [0.1, 0.15) is 18.0 Å². The molecule has 0 fully saturated rings. The summed E-state index contributed by atoms with van der Waals surface area (Å²) in [4.78, 5) is 23.3. The van der Waals surface area contributed by atoms with Crippen LogP contribution in [0, 0.1) is 0 Å². The molecular formula is C17H21NO5. The minimum atomic E-state index is -0.338. The fraction of sp³-hybridized carbons (Fsp3) is 0.412. The zero-order valence-corrected chi connectivity index (χ0v) is 13.6. The molecule has 0 aliphatic carbocycles. The van der Waals surface area contributed by atoms with E-state index < -0.39 is 0 Å². The van der Waals surface area contributed by atoms with Crippen molar-refractivity contribution < 1.29 is 23.8 Å². The minimum Gasteiger partial charge on any atom is -0.497 e. The highest BCUT2D eigenvalue weighted by Crippen LogP contribution is 2.34. The Labute approximate surface area is 134 Å². The first-order valence-electron chi connectivity index (χ1n) is 7.50. The maximum absolute atomic E-state index is 11.9. The van der Waals surface area contributed by atoms with Crippen LogP contribution >= 0.6 is 0 Å². The van der Waals surface area contributed by atoms with Crippen LogP contribution in [-0.4, -0.2) is 37.6 Å². The third-order valence-electron chi connectivity index (χ3n) is 3.59. The van der Waals surface area contributed by atoms with Crippen molar-refractivity contribution in [3.8, 4) is 11.5 Å². The summed E-state index contributed by atoms with van der Waals surface area (Å²) in [5.41, 5.74) is 1.15. The van der Waals surface area contributed by atoms with E-state index >= 15 is 0 Å². The number of benzene rings is 1. The van der Waals surface area contributed by atoms with Gasteiger partial charge in [-0.2, -0.15) is 0 Å². The molecule has 0 saturated heterocycles. The van der Waals surface area contributed by atoms with Gasteiger partial charge in [-0.3, -0.25) is 9.59 Å². The number of rotatable bonds is 8. The maximum atomic E-state index is 11.9. The van der Waals surface area contributed by atoms with Gasteiger partial charge in [0.2, 0.25) is 0 Å². The van der Waals surface area contributed by atoms with Gasteiger partial charge >= 0.3 is 5.97 Å². The smallest absolute Gasteiger partial charge is 0.325 e. The summed E-state index contributed by atoms with van der Waals surface area (Å²) >= 11 is 0. The van der Waals surface area contributed by atoms with Gasteiger partial charge in [-0.1, -0.05) is 13.3 Å². The summed E-state index contributed by atoms with van der Waals surface area (Å²) < 4.78 is 17.5. The highest BCUT2D eigenvalue weighted by molar-refractivity contribution is 6.02. The summed E-state index contributed by atoms with van der Waals surface area (Å²) in [5, 5.41) is 0.657. The van der Waals surface area contributed by atoms with Crippen molar-refractivity contribution in [2.75, 3.05) is 20.8 Å². The largest absolute Gasteiger partial charge is 0.497 e. The lowest BCUT2D eigenvalue weighted by atomic mass is 10.1. The van der Waals surface area contributed by atoms with Crippen LogP contribution in [0.25, 0.3) is 10.9 Å². The molecule has 23 heavy (non-hydrogen) atoms. The predicted molar refractivity (Wildman–Crippen MR) is 86.3 cm³/mol. The first-order valence-corrected chi connectivity index (χ1v) is 7.50. The van der Waals surface area contributed by atoms with Crippen LogP contribution in [0.4, 0.5) is 0 Å². The number of hydrogen-bond acceptors (Lipinski definition) is 5. The molecule has 2 aromatic rings. The standard InChI is InChI=1S/C17H21NO5/c1-4-5-6-23-16(20)10-18-9-12(11-19)17-14(18)7-13(21-2)8-15(17)22-3/h7-9,11H,4-6,10H2,1-3H3. The van der Waals surface area contributed by atoms with Crippen molar-refractivity contribution in [1.29, 1.82) is 0 Å². The van der Waals surface area contributed by atoms with Crippen LogP contribution < -0.4 is 9.47 Å². The lowest BCUT2D eigenvalue weighted by molar-refractivity contribution is -0.144. The molecule has 1 aromatic carbocycles. The number of fused-ring (bicyclic) bond motifs is 1. The van der Waals surface area contributed by atoms with Gasteiger partial charge in [-0.05, 0) is 6.42 Å². The molecule has 0 saturated carbocycles. The molecule has 0 unspecified atom stereocenters. The monoisotopic (exact) mass is 319 g/mol. The van der Waals surface area contributed by atoms with Gasteiger partial charge < -0.3 is 18.8 Å². The Morgan fingerprint density at radius 3 is 2.65 bits per heavy atom. The summed E-state index contributed by atoms with van der Waals surface area (Å²) in [7, 11) is 3.08. The summed E-state index contributed by atoms with van der Waals surface area (Å²) in [6.07, 6.45) is 4.17. The number of methoxy groups -OCH3 is 2. The number of esters is 1. The Balaban J connectivity index is 2.39. The van der Waals surface area contributed by atoms with Crippen LogP contribution in [0.3, 0.4) is 0 Å². The van der Waals surface area contributed by atoms with Gasteiger partial charge in [0.25, 0.3) is 0 Å². The van der Waals surface area contributed by atoms with Crippen molar-refractivity contribution >= 4 is 23.2 Å². The molecule has 0 spiro atoms.